The van der Waals surface area contributed by atoms with E-state index in [2.05, 4.69) is 25.7 Å². The van der Waals surface area contributed by atoms with Gasteiger partial charge in [0.25, 0.3) is 0 Å². The highest BCUT2D eigenvalue weighted by atomic mass is 16.2. The summed E-state index contributed by atoms with van der Waals surface area (Å²) in [6.45, 7) is 9.68. The Kier molecular flexibility index (Phi) is 5.70. The predicted octanol–water partition coefficient (Wildman–Crippen LogP) is 3.43. The van der Waals surface area contributed by atoms with Crippen molar-refractivity contribution in [3.63, 3.8) is 0 Å². The molecular weight excluding hydrogens is 260 g/mol. The van der Waals surface area contributed by atoms with E-state index in [4.69, 9.17) is 5.73 Å². The Bertz CT molecular complexity index is 338. The molecule has 1 saturated heterocycles. The number of nitrogens with zero attached hydrogens (tertiary/aromatic N) is 1. The molecule has 2 aliphatic rings. The highest BCUT2D eigenvalue weighted by molar-refractivity contribution is 5.79. The van der Waals surface area contributed by atoms with Gasteiger partial charge in [-0.15, -0.1) is 0 Å². The SMILES string of the molecule is CC(C)(C)C1CCC(C(=O)N2CCCC(CCN)C2)CC1. The molecular formula is C18H34N2O. The van der Waals surface area contributed by atoms with E-state index in [-0.39, 0.29) is 0 Å². The molecule has 3 heteroatoms. The molecule has 1 aliphatic carbocycles. The van der Waals surface area contributed by atoms with E-state index in [0.29, 0.717) is 23.2 Å². The topological polar surface area (TPSA) is 46.3 Å². The molecule has 1 saturated carbocycles. The molecule has 0 radical (unpaired) electrons. The van der Waals surface area contributed by atoms with Gasteiger partial charge in [0.15, 0.2) is 0 Å². The normalized spacial score (nSPS) is 31.2. The minimum Gasteiger partial charge on any atom is -0.342 e. The average Bonchev–Trinajstić information content (AvgIpc) is 2.46. The fourth-order valence-corrected chi connectivity index (χ4v) is 4.20. The molecule has 1 amide bonds. The first kappa shape index (κ1) is 16.8. The first-order chi connectivity index (χ1) is 9.91. The van der Waals surface area contributed by atoms with Gasteiger partial charge < -0.3 is 10.6 Å². The maximum absolute atomic E-state index is 12.8. The Hall–Kier alpha value is -0.570. The van der Waals surface area contributed by atoms with Crippen molar-refractivity contribution in [3.8, 4) is 0 Å². The van der Waals surface area contributed by atoms with Gasteiger partial charge in [-0.3, -0.25) is 4.79 Å². The third-order valence-corrected chi connectivity index (χ3v) is 5.71. The summed E-state index contributed by atoms with van der Waals surface area (Å²) in [6, 6.07) is 0. The Morgan fingerprint density at radius 3 is 2.38 bits per heavy atom. The summed E-state index contributed by atoms with van der Waals surface area (Å²) in [5, 5.41) is 0. The van der Waals surface area contributed by atoms with Crippen LogP contribution in [0.15, 0.2) is 0 Å². The van der Waals surface area contributed by atoms with E-state index in [0.717, 1.165) is 51.2 Å². The summed E-state index contributed by atoms with van der Waals surface area (Å²) < 4.78 is 0. The van der Waals surface area contributed by atoms with E-state index >= 15 is 0 Å². The van der Waals surface area contributed by atoms with Crippen LogP contribution in [0, 0.1) is 23.2 Å². The van der Waals surface area contributed by atoms with Crippen LogP contribution in [0.1, 0.15) is 65.7 Å². The third kappa shape index (κ3) is 4.45. The van der Waals surface area contributed by atoms with E-state index < -0.39 is 0 Å². The molecule has 1 atom stereocenters. The zero-order valence-electron chi connectivity index (χ0n) is 14.2. The van der Waals surface area contributed by atoms with Crippen molar-refractivity contribution in [1.29, 1.82) is 0 Å². The summed E-state index contributed by atoms with van der Waals surface area (Å²) in [4.78, 5) is 14.9. The molecule has 0 aromatic rings. The molecule has 2 fully saturated rings. The lowest BCUT2D eigenvalue weighted by atomic mass is 9.69. The number of hydrogen-bond acceptors (Lipinski definition) is 2. The van der Waals surface area contributed by atoms with Crippen LogP contribution in [0.2, 0.25) is 0 Å². The Labute approximate surface area is 130 Å². The quantitative estimate of drug-likeness (QED) is 0.867. The number of amides is 1. The van der Waals surface area contributed by atoms with Gasteiger partial charge in [0.1, 0.15) is 0 Å². The second-order valence-corrected chi connectivity index (χ2v) is 8.28. The van der Waals surface area contributed by atoms with Gasteiger partial charge >= 0.3 is 0 Å². The molecule has 2 N–H and O–H groups in total. The van der Waals surface area contributed by atoms with Gasteiger partial charge in [-0.2, -0.15) is 0 Å². The Morgan fingerprint density at radius 1 is 1.14 bits per heavy atom. The van der Waals surface area contributed by atoms with Crippen LogP contribution in [-0.4, -0.2) is 30.4 Å². The average molecular weight is 294 g/mol. The fourth-order valence-electron chi connectivity index (χ4n) is 4.20. The van der Waals surface area contributed by atoms with Gasteiger partial charge in [-0.1, -0.05) is 20.8 Å². The van der Waals surface area contributed by atoms with Crippen molar-refractivity contribution in [3.05, 3.63) is 0 Å². The lowest BCUT2D eigenvalue weighted by Crippen LogP contribution is -2.44. The number of carbonyl (C=O) groups excluding carboxylic acids is 1. The molecule has 3 nitrogen and oxygen atoms in total. The van der Waals surface area contributed by atoms with E-state index in [1.165, 1.54) is 19.3 Å². The molecule has 122 valence electrons. The molecule has 0 aromatic carbocycles. The van der Waals surface area contributed by atoms with Crippen molar-refractivity contribution >= 4 is 5.91 Å². The minimum absolute atomic E-state index is 0.292. The number of hydrogen-bond donors (Lipinski definition) is 1. The minimum atomic E-state index is 0.292. The van der Waals surface area contributed by atoms with Crippen molar-refractivity contribution in [2.24, 2.45) is 28.9 Å². The summed E-state index contributed by atoms with van der Waals surface area (Å²) in [6.07, 6.45) is 8.11. The van der Waals surface area contributed by atoms with E-state index in [9.17, 15) is 4.79 Å². The zero-order chi connectivity index (χ0) is 15.5. The van der Waals surface area contributed by atoms with Crippen LogP contribution < -0.4 is 5.73 Å². The second-order valence-electron chi connectivity index (χ2n) is 8.28. The van der Waals surface area contributed by atoms with E-state index in [1.54, 1.807) is 0 Å². The van der Waals surface area contributed by atoms with Gasteiger partial charge in [-0.25, -0.2) is 0 Å². The number of nitrogens with two attached hydrogens (primary N) is 1. The second kappa shape index (κ2) is 7.13. The number of carbonyl (C=O) groups is 1. The molecule has 0 bridgehead atoms. The fraction of sp³-hybridized carbons (Fsp3) is 0.944. The number of piperidine rings is 1. The Balaban J connectivity index is 1.84. The summed E-state index contributed by atoms with van der Waals surface area (Å²) in [5.41, 5.74) is 6.07. The largest absolute Gasteiger partial charge is 0.342 e. The molecule has 21 heavy (non-hydrogen) atoms. The molecule has 1 heterocycles. The predicted molar refractivity (Wildman–Crippen MR) is 87.9 cm³/mol. The van der Waals surface area contributed by atoms with Gasteiger partial charge in [0.2, 0.25) is 5.91 Å². The van der Waals surface area contributed by atoms with Crippen molar-refractivity contribution < 1.29 is 4.79 Å². The first-order valence-electron chi connectivity index (χ1n) is 8.90. The summed E-state index contributed by atoms with van der Waals surface area (Å²) >= 11 is 0. The highest BCUT2D eigenvalue weighted by Gasteiger charge is 2.35. The summed E-state index contributed by atoms with van der Waals surface area (Å²) in [5.74, 6) is 2.15. The van der Waals surface area contributed by atoms with Crippen molar-refractivity contribution in [2.75, 3.05) is 19.6 Å². The monoisotopic (exact) mass is 294 g/mol. The maximum Gasteiger partial charge on any atom is 0.225 e. The van der Waals surface area contributed by atoms with Crippen LogP contribution in [0.3, 0.4) is 0 Å². The van der Waals surface area contributed by atoms with Gasteiger partial charge in [0.05, 0.1) is 0 Å². The van der Waals surface area contributed by atoms with E-state index in [1.807, 2.05) is 0 Å². The van der Waals surface area contributed by atoms with Gasteiger partial charge in [-0.05, 0) is 68.7 Å². The lowest BCUT2D eigenvalue weighted by Gasteiger charge is -2.39. The zero-order valence-corrected chi connectivity index (χ0v) is 14.2. The van der Waals surface area contributed by atoms with Crippen LogP contribution >= 0.6 is 0 Å². The molecule has 2 rings (SSSR count). The highest BCUT2D eigenvalue weighted by Crippen LogP contribution is 2.40. The molecule has 1 aliphatic heterocycles. The number of rotatable bonds is 3. The number of likely N-dealkylation sites (tertiary alicyclic amines) is 1. The van der Waals surface area contributed by atoms with Crippen LogP contribution in [-0.2, 0) is 4.79 Å². The lowest BCUT2D eigenvalue weighted by molar-refractivity contribution is -0.139. The van der Waals surface area contributed by atoms with Crippen LogP contribution in [0.5, 0.6) is 0 Å². The first-order valence-corrected chi connectivity index (χ1v) is 8.90. The van der Waals surface area contributed by atoms with Crippen molar-refractivity contribution in [1.82, 2.24) is 4.90 Å². The van der Waals surface area contributed by atoms with Crippen molar-refractivity contribution in [2.45, 2.75) is 65.7 Å². The molecule has 1 unspecified atom stereocenters. The molecule has 0 aromatic heterocycles. The van der Waals surface area contributed by atoms with Gasteiger partial charge in [0, 0.05) is 19.0 Å². The van der Waals surface area contributed by atoms with Crippen LogP contribution in [0.25, 0.3) is 0 Å². The third-order valence-electron chi connectivity index (χ3n) is 5.71. The van der Waals surface area contributed by atoms with Crippen LogP contribution in [0.4, 0.5) is 0 Å². The standard InChI is InChI=1S/C18H34N2O/c1-18(2,3)16-8-6-15(7-9-16)17(21)20-12-4-5-14(13-20)10-11-19/h14-16H,4-13,19H2,1-3H3. The summed E-state index contributed by atoms with van der Waals surface area (Å²) in [7, 11) is 0. The Morgan fingerprint density at radius 2 is 1.81 bits per heavy atom. The smallest absolute Gasteiger partial charge is 0.225 e. The molecule has 0 spiro atoms. The maximum atomic E-state index is 12.8.